The highest BCUT2D eigenvalue weighted by Crippen LogP contribution is 2.11. The Labute approximate surface area is 188 Å². The molecule has 0 saturated carbocycles. The molecule has 2 atom stereocenters. The lowest BCUT2D eigenvalue weighted by molar-refractivity contribution is -0.128. The van der Waals surface area contributed by atoms with Crippen LogP contribution in [0.5, 0.6) is 0 Å². The Balaban J connectivity index is 2.87. The Kier molecular flexibility index (Phi) is 11.3. The van der Waals surface area contributed by atoms with E-state index in [0.717, 1.165) is 5.56 Å². The van der Waals surface area contributed by atoms with Crippen molar-refractivity contribution < 1.29 is 23.9 Å². The SMILES string of the molecule is [CH2]c1ccc(NC(=O)[C@H](CCCNC(N)=O)NC(=O)[C@@H](NC(=O)OCC=C)C(C)C)cc1. The molecular formula is C22H32N5O5. The van der Waals surface area contributed by atoms with Crippen molar-refractivity contribution in [2.45, 2.75) is 38.8 Å². The summed E-state index contributed by atoms with van der Waals surface area (Å²) < 4.78 is 4.88. The molecule has 6 N–H and O–H groups in total. The summed E-state index contributed by atoms with van der Waals surface area (Å²) in [6.45, 7) is 11.0. The Morgan fingerprint density at radius 3 is 2.31 bits per heavy atom. The van der Waals surface area contributed by atoms with Gasteiger partial charge in [-0.25, -0.2) is 9.59 Å². The smallest absolute Gasteiger partial charge is 0.408 e. The molecule has 0 unspecified atom stereocenters. The summed E-state index contributed by atoms with van der Waals surface area (Å²) in [6, 6.07) is 4.37. The maximum Gasteiger partial charge on any atom is 0.408 e. The number of urea groups is 1. The Morgan fingerprint density at radius 1 is 1.09 bits per heavy atom. The average Bonchev–Trinajstić information content (AvgIpc) is 2.73. The van der Waals surface area contributed by atoms with Crippen LogP contribution in [0.15, 0.2) is 36.9 Å². The van der Waals surface area contributed by atoms with Crippen LogP contribution < -0.4 is 27.0 Å². The van der Waals surface area contributed by atoms with E-state index in [4.69, 9.17) is 10.5 Å². The first-order chi connectivity index (χ1) is 15.1. The van der Waals surface area contributed by atoms with Gasteiger partial charge in [-0.2, -0.15) is 0 Å². The number of nitrogens with two attached hydrogens (primary N) is 1. The van der Waals surface area contributed by atoms with Crippen LogP contribution in [0.2, 0.25) is 0 Å². The number of carbonyl (C=O) groups excluding carboxylic acids is 4. The molecule has 1 radical (unpaired) electrons. The fourth-order valence-corrected chi connectivity index (χ4v) is 2.70. The number of rotatable bonds is 12. The molecule has 1 rings (SSSR count). The molecular weight excluding hydrogens is 414 g/mol. The molecule has 0 aliphatic rings. The van der Waals surface area contributed by atoms with E-state index in [2.05, 4.69) is 34.8 Å². The molecule has 10 nitrogen and oxygen atoms in total. The van der Waals surface area contributed by atoms with Gasteiger partial charge in [-0.3, -0.25) is 9.59 Å². The summed E-state index contributed by atoms with van der Waals surface area (Å²) in [5.74, 6) is -1.24. The number of primary amides is 1. The summed E-state index contributed by atoms with van der Waals surface area (Å²) in [5.41, 5.74) is 6.39. The molecule has 10 heteroatoms. The van der Waals surface area contributed by atoms with Gasteiger partial charge in [0.05, 0.1) is 0 Å². The van der Waals surface area contributed by atoms with Crippen LogP contribution in [0.4, 0.5) is 15.3 Å². The summed E-state index contributed by atoms with van der Waals surface area (Å²) in [6.07, 6.45) is 1.27. The van der Waals surface area contributed by atoms with Gasteiger partial charge in [-0.1, -0.05) is 38.6 Å². The molecule has 1 aromatic carbocycles. The highest BCUT2D eigenvalue weighted by atomic mass is 16.5. The second kappa shape index (κ2) is 13.7. The molecule has 0 bridgehead atoms. The molecule has 0 aliphatic carbocycles. The third-order valence-corrected chi connectivity index (χ3v) is 4.38. The summed E-state index contributed by atoms with van der Waals surface area (Å²) in [5, 5.41) is 10.4. The Morgan fingerprint density at radius 2 is 1.75 bits per heavy atom. The molecule has 0 aromatic heterocycles. The molecule has 5 amide bonds. The van der Waals surface area contributed by atoms with Crippen molar-refractivity contribution in [1.82, 2.24) is 16.0 Å². The van der Waals surface area contributed by atoms with Gasteiger partial charge in [0.1, 0.15) is 18.7 Å². The molecule has 0 saturated heterocycles. The first kappa shape index (κ1) is 26.5. The fraction of sp³-hybridized carbons (Fsp3) is 0.409. The van der Waals surface area contributed by atoms with Crippen LogP contribution in [0.3, 0.4) is 0 Å². The van der Waals surface area contributed by atoms with E-state index in [1.54, 1.807) is 38.1 Å². The summed E-state index contributed by atoms with van der Waals surface area (Å²) in [4.78, 5) is 48.5. The number of nitrogens with one attached hydrogen (secondary N) is 4. The number of alkyl carbamates (subject to hydrolysis) is 1. The highest BCUT2D eigenvalue weighted by molar-refractivity contribution is 5.98. The van der Waals surface area contributed by atoms with Crippen LogP contribution >= 0.6 is 0 Å². The number of carbonyl (C=O) groups is 4. The van der Waals surface area contributed by atoms with Gasteiger partial charge in [0, 0.05) is 12.2 Å². The maximum absolute atomic E-state index is 12.9. The lowest BCUT2D eigenvalue weighted by Crippen LogP contribution is -2.54. The predicted molar refractivity (Wildman–Crippen MR) is 122 cm³/mol. The maximum atomic E-state index is 12.9. The number of anilines is 1. The zero-order valence-corrected chi connectivity index (χ0v) is 18.5. The van der Waals surface area contributed by atoms with Gasteiger partial charge in [0.25, 0.3) is 0 Å². The molecule has 0 spiro atoms. The van der Waals surface area contributed by atoms with Crippen LogP contribution in [0.1, 0.15) is 32.3 Å². The number of hydrogen-bond donors (Lipinski definition) is 5. The molecule has 32 heavy (non-hydrogen) atoms. The molecule has 0 fully saturated rings. The number of amides is 5. The first-order valence-electron chi connectivity index (χ1n) is 10.2. The number of ether oxygens (including phenoxy) is 1. The van der Waals surface area contributed by atoms with Crippen molar-refractivity contribution in [3.63, 3.8) is 0 Å². The summed E-state index contributed by atoms with van der Waals surface area (Å²) >= 11 is 0. The molecule has 1 aromatic rings. The second-order valence-corrected chi connectivity index (χ2v) is 7.43. The van der Waals surface area contributed by atoms with E-state index in [0.29, 0.717) is 12.1 Å². The van der Waals surface area contributed by atoms with Crippen molar-refractivity contribution in [1.29, 1.82) is 0 Å². The second-order valence-electron chi connectivity index (χ2n) is 7.43. The van der Waals surface area contributed by atoms with E-state index in [-0.39, 0.29) is 25.5 Å². The zero-order chi connectivity index (χ0) is 24.1. The zero-order valence-electron chi connectivity index (χ0n) is 18.5. The topological polar surface area (TPSA) is 152 Å². The molecule has 0 heterocycles. The minimum Gasteiger partial charge on any atom is -0.445 e. The van der Waals surface area contributed by atoms with Gasteiger partial charge < -0.3 is 31.7 Å². The highest BCUT2D eigenvalue weighted by Gasteiger charge is 2.29. The largest absolute Gasteiger partial charge is 0.445 e. The van der Waals surface area contributed by atoms with Crippen LogP contribution in [-0.2, 0) is 14.3 Å². The van der Waals surface area contributed by atoms with Crippen molar-refractivity contribution in [2.24, 2.45) is 11.7 Å². The van der Waals surface area contributed by atoms with Gasteiger partial charge in [0.15, 0.2) is 0 Å². The predicted octanol–water partition coefficient (Wildman–Crippen LogP) is 1.68. The van der Waals surface area contributed by atoms with Crippen molar-refractivity contribution in [3.05, 3.63) is 49.4 Å². The van der Waals surface area contributed by atoms with Gasteiger partial charge in [-0.05, 0) is 43.4 Å². The third-order valence-electron chi connectivity index (χ3n) is 4.38. The van der Waals surface area contributed by atoms with Crippen LogP contribution in [0.25, 0.3) is 0 Å². The lowest BCUT2D eigenvalue weighted by atomic mass is 10.0. The number of hydrogen-bond acceptors (Lipinski definition) is 5. The lowest BCUT2D eigenvalue weighted by Gasteiger charge is -2.25. The van der Waals surface area contributed by atoms with E-state index in [1.807, 2.05) is 0 Å². The standard InChI is InChI=1S/C22H32N5O5/c1-5-13-32-22(31)27-18(14(2)3)20(29)26-17(7-6-12-24-21(23)30)19(28)25-16-10-8-15(4)9-11-16/h5,8-11,14,17-18H,1,4,6-7,12-13H2,2-3H3,(H,25,28)(H,26,29)(H,27,31)(H3,23,24,30)/t17-,18-/m0/s1. The molecule has 0 aliphatic heterocycles. The quantitative estimate of drug-likeness (QED) is 0.244. The average molecular weight is 447 g/mol. The van der Waals surface area contributed by atoms with Crippen molar-refractivity contribution in [3.8, 4) is 0 Å². The number of benzene rings is 1. The van der Waals surface area contributed by atoms with Crippen molar-refractivity contribution in [2.75, 3.05) is 18.5 Å². The van der Waals surface area contributed by atoms with Crippen molar-refractivity contribution >= 4 is 29.6 Å². The first-order valence-corrected chi connectivity index (χ1v) is 10.2. The van der Waals surface area contributed by atoms with Gasteiger partial charge in [-0.15, -0.1) is 0 Å². The van der Waals surface area contributed by atoms with E-state index < -0.39 is 36.0 Å². The minimum atomic E-state index is -0.920. The normalized spacial score (nSPS) is 12.2. The Bertz CT molecular complexity index is 794. The van der Waals surface area contributed by atoms with Gasteiger partial charge in [0.2, 0.25) is 11.8 Å². The van der Waals surface area contributed by atoms with Crippen LogP contribution in [0, 0.1) is 12.8 Å². The Hall–Kier alpha value is -3.56. The monoisotopic (exact) mass is 446 g/mol. The third kappa shape index (κ3) is 9.96. The minimum absolute atomic E-state index is 0.00221. The molecule has 175 valence electrons. The van der Waals surface area contributed by atoms with Gasteiger partial charge >= 0.3 is 12.1 Å². The van der Waals surface area contributed by atoms with E-state index in [9.17, 15) is 19.2 Å². The van der Waals surface area contributed by atoms with E-state index >= 15 is 0 Å². The van der Waals surface area contributed by atoms with Crippen LogP contribution in [-0.4, -0.2) is 49.2 Å². The fourth-order valence-electron chi connectivity index (χ4n) is 2.70. The summed E-state index contributed by atoms with van der Waals surface area (Å²) in [7, 11) is 0. The van der Waals surface area contributed by atoms with E-state index in [1.165, 1.54) is 6.08 Å².